The van der Waals surface area contributed by atoms with Crippen LogP contribution in [0.25, 0.3) is 0 Å². The number of aliphatic hydroxyl groups is 1. The van der Waals surface area contributed by atoms with E-state index in [2.05, 4.69) is 5.32 Å². The lowest BCUT2D eigenvalue weighted by molar-refractivity contribution is -0.141. The highest BCUT2D eigenvalue weighted by Gasteiger charge is 2.44. The van der Waals surface area contributed by atoms with Crippen LogP contribution in [0.1, 0.15) is 19.3 Å². The van der Waals surface area contributed by atoms with E-state index in [1.807, 2.05) is 6.26 Å². The van der Waals surface area contributed by atoms with Crippen LogP contribution in [0.4, 0.5) is 4.79 Å². The highest BCUT2D eigenvalue weighted by molar-refractivity contribution is 8.00. The molecule has 2 amide bonds. The molecule has 0 aromatic rings. The maximum atomic E-state index is 11.9. The van der Waals surface area contributed by atoms with Crippen LogP contribution in [0.5, 0.6) is 0 Å². The summed E-state index contributed by atoms with van der Waals surface area (Å²) in [6, 6.07) is -1.30. The van der Waals surface area contributed by atoms with E-state index in [0.29, 0.717) is 6.54 Å². The molecule has 1 saturated heterocycles. The summed E-state index contributed by atoms with van der Waals surface area (Å²) in [4.78, 5) is 24.1. The third kappa shape index (κ3) is 2.72. The quantitative estimate of drug-likeness (QED) is 0.677. The molecule has 1 saturated carbocycles. The lowest BCUT2D eigenvalue weighted by Crippen LogP contribution is -2.47. The van der Waals surface area contributed by atoms with E-state index < -0.39 is 18.1 Å². The van der Waals surface area contributed by atoms with Gasteiger partial charge in [0.15, 0.2) is 0 Å². The number of urea groups is 1. The van der Waals surface area contributed by atoms with Gasteiger partial charge in [0.1, 0.15) is 6.04 Å². The van der Waals surface area contributed by atoms with Crippen molar-refractivity contribution in [2.75, 3.05) is 19.3 Å². The van der Waals surface area contributed by atoms with E-state index in [-0.39, 0.29) is 23.7 Å². The summed E-state index contributed by atoms with van der Waals surface area (Å²) < 4.78 is 0.146. The van der Waals surface area contributed by atoms with Gasteiger partial charge in [-0.2, -0.15) is 11.8 Å². The Hall–Kier alpha value is -0.950. The van der Waals surface area contributed by atoms with Crippen molar-refractivity contribution in [1.82, 2.24) is 10.2 Å². The first-order chi connectivity index (χ1) is 8.47. The lowest BCUT2D eigenvalue weighted by Gasteiger charge is -2.23. The molecule has 18 heavy (non-hydrogen) atoms. The van der Waals surface area contributed by atoms with Crippen molar-refractivity contribution in [3.05, 3.63) is 0 Å². The monoisotopic (exact) mass is 274 g/mol. The molecule has 0 aromatic carbocycles. The zero-order valence-electron chi connectivity index (χ0n) is 10.3. The van der Waals surface area contributed by atoms with Gasteiger partial charge in [-0.3, -0.25) is 0 Å². The van der Waals surface area contributed by atoms with E-state index in [9.17, 15) is 14.7 Å². The Morgan fingerprint density at radius 1 is 1.50 bits per heavy atom. The molecule has 6 nitrogen and oxygen atoms in total. The Morgan fingerprint density at radius 3 is 2.67 bits per heavy atom. The maximum absolute atomic E-state index is 11.9. The van der Waals surface area contributed by atoms with Crippen LogP contribution < -0.4 is 5.32 Å². The molecule has 2 aliphatic rings. The zero-order chi connectivity index (χ0) is 13.3. The second-order valence-electron chi connectivity index (χ2n) is 4.94. The maximum Gasteiger partial charge on any atom is 0.326 e. The Bertz CT molecular complexity index is 359. The van der Waals surface area contributed by atoms with E-state index in [4.69, 9.17) is 5.11 Å². The number of carbonyl (C=O) groups excluding carboxylic acids is 1. The van der Waals surface area contributed by atoms with Gasteiger partial charge in [0, 0.05) is 24.3 Å². The fraction of sp³-hybridized carbons (Fsp3) is 0.818. The van der Waals surface area contributed by atoms with Gasteiger partial charge in [0.2, 0.25) is 0 Å². The van der Waals surface area contributed by atoms with Gasteiger partial charge in [-0.15, -0.1) is 0 Å². The summed E-state index contributed by atoms with van der Waals surface area (Å²) in [6.07, 6.45) is 3.54. The molecule has 2 atom stereocenters. The Kier molecular flexibility index (Phi) is 3.72. The standard InChI is InChI=1S/C11H18N2O4S/c1-18-11(2-3-11)6-12-10(17)13-5-7(14)4-8(13)9(15)16/h7-8,14H,2-6H2,1H3,(H,12,17)(H,15,16)/t7-,8-/m1/s1. The van der Waals surface area contributed by atoms with Crippen LogP contribution in [-0.2, 0) is 4.79 Å². The molecular weight excluding hydrogens is 256 g/mol. The molecule has 0 unspecified atom stereocenters. The number of thioether (sulfide) groups is 1. The molecule has 102 valence electrons. The number of rotatable bonds is 4. The van der Waals surface area contributed by atoms with Crippen molar-refractivity contribution in [3.8, 4) is 0 Å². The molecule has 3 N–H and O–H groups in total. The second-order valence-corrected chi connectivity index (χ2v) is 6.22. The summed E-state index contributed by atoms with van der Waals surface area (Å²) in [5.41, 5.74) is 0. The number of nitrogens with one attached hydrogen (secondary N) is 1. The summed E-state index contributed by atoms with van der Waals surface area (Å²) in [7, 11) is 0. The zero-order valence-corrected chi connectivity index (χ0v) is 11.1. The first kappa shape index (κ1) is 13.5. The highest BCUT2D eigenvalue weighted by atomic mass is 32.2. The van der Waals surface area contributed by atoms with Crippen molar-refractivity contribution in [3.63, 3.8) is 0 Å². The van der Waals surface area contributed by atoms with Crippen molar-refractivity contribution in [2.24, 2.45) is 0 Å². The Labute approximate surface area is 110 Å². The van der Waals surface area contributed by atoms with Gasteiger partial charge < -0.3 is 20.4 Å². The predicted molar refractivity (Wildman–Crippen MR) is 67.6 cm³/mol. The number of hydrogen-bond donors (Lipinski definition) is 3. The SMILES string of the molecule is CSC1(CNC(=O)N2C[C@H](O)C[C@@H]2C(=O)O)CC1. The van der Waals surface area contributed by atoms with E-state index in [0.717, 1.165) is 12.8 Å². The van der Waals surface area contributed by atoms with Crippen molar-refractivity contribution in [1.29, 1.82) is 0 Å². The minimum atomic E-state index is -1.06. The molecule has 7 heteroatoms. The summed E-state index contributed by atoms with van der Waals surface area (Å²) in [5, 5.41) is 21.2. The summed E-state index contributed by atoms with van der Waals surface area (Å²) in [6.45, 7) is 0.654. The number of carboxylic acid groups (broad SMARTS) is 1. The van der Waals surface area contributed by atoms with Gasteiger partial charge in [-0.25, -0.2) is 9.59 Å². The molecule has 0 radical (unpaired) electrons. The lowest BCUT2D eigenvalue weighted by atomic mass is 10.2. The van der Waals surface area contributed by atoms with Gasteiger partial charge in [0.25, 0.3) is 0 Å². The number of likely N-dealkylation sites (tertiary alicyclic amines) is 1. The number of aliphatic carboxylic acids is 1. The van der Waals surface area contributed by atoms with Crippen LogP contribution >= 0.6 is 11.8 Å². The van der Waals surface area contributed by atoms with Gasteiger partial charge in [-0.1, -0.05) is 0 Å². The van der Waals surface area contributed by atoms with E-state index in [1.54, 1.807) is 11.8 Å². The third-order valence-corrected chi connectivity index (χ3v) is 5.05. The topological polar surface area (TPSA) is 89.9 Å². The first-order valence-corrected chi connectivity index (χ1v) is 7.20. The van der Waals surface area contributed by atoms with Crippen LogP contribution in [-0.4, -0.2) is 63.4 Å². The average molecular weight is 274 g/mol. The van der Waals surface area contributed by atoms with Crippen molar-refractivity contribution < 1.29 is 19.8 Å². The fourth-order valence-electron chi connectivity index (χ4n) is 2.20. The smallest absolute Gasteiger partial charge is 0.326 e. The normalized spacial score (nSPS) is 29.1. The number of carboxylic acids is 1. The largest absolute Gasteiger partial charge is 0.480 e. The summed E-state index contributed by atoms with van der Waals surface area (Å²) >= 11 is 1.73. The Morgan fingerprint density at radius 2 is 2.17 bits per heavy atom. The predicted octanol–water partition coefficient (Wildman–Crippen LogP) is 0.111. The van der Waals surface area contributed by atoms with Gasteiger partial charge in [-0.05, 0) is 19.1 Å². The minimum absolute atomic E-state index is 0.0923. The Balaban J connectivity index is 1.89. The number of amides is 2. The number of aliphatic hydroxyl groups excluding tert-OH is 1. The van der Waals surface area contributed by atoms with Crippen LogP contribution in [0, 0.1) is 0 Å². The van der Waals surface area contributed by atoms with Crippen molar-refractivity contribution in [2.45, 2.75) is 36.2 Å². The first-order valence-electron chi connectivity index (χ1n) is 5.98. The number of carbonyl (C=O) groups is 2. The van der Waals surface area contributed by atoms with Crippen LogP contribution in [0.2, 0.25) is 0 Å². The fourth-order valence-corrected chi connectivity index (χ4v) is 2.93. The van der Waals surface area contributed by atoms with Gasteiger partial charge in [0.05, 0.1) is 6.10 Å². The second kappa shape index (κ2) is 4.97. The molecule has 1 aliphatic heterocycles. The minimum Gasteiger partial charge on any atom is -0.480 e. The molecule has 2 fully saturated rings. The average Bonchev–Trinajstić information content (AvgIpc) is 3.01. The molecular formula is C11H18N2O4S. The summed E-state index contributed by atoms with van der Waals surface area (Å²) in [5.74, 6) is -1.06. The van der Waals surface area contributed by atoms with E-state index >= 15 is 0 Å². The molecule has 2 rings (SSSR count). The molecule has 1 heterocycles. The molecule has 0 aromatic heterocycles. The molecule has 0 spiro atoms. The van der Waals surface area contributed by atoms with Gasteiger partial charge >= 0.3 is 12.0 Å². The number of nitrogens with zero attached hydrogens (tertiary/aromatic N) is 1. The molecule has 1 aliphatic carbocycles. The van der Waals surface area contributed by atoms with Crippen LogP contribution in [0.3, 0.4) is 0 Å². The van der Waals surface area contributed by atoms with Crippen LogP contribution in [0.15, 0.2) is 0 Å². The third-order valence-electron chi connectivity index (χ3n) is 3.63. The van der Waals surface area contributed by atoms with Crippen molar-refractivity contribution >= 4 is 23.8 Å². The number of hydrogen-bond acceptors (Lipinski definition) is 4. The highest BCUT2D eigenvalue weighted by Crippen LogP contribution is 2.46. The number of β-amino-alcohol motifs (C(OH)–C–C–N with tert-alkyl or cyclic N) is 1. The van der Waals surface area contributed by atoms with E-state index in [1.165, 1.54) is 4.90 Å². The molecule has 0 bridgehead atoms.